The van der Waals surface area contributed by atoms with Gasteiger partial charge in [0.05, 0.1) is 24.3 Å². The molecule has 0 bridgehead atoms. The lowest BCUT2D eigenvalue weighted by atomic mass is 10.0. The van der Waals surface area contributed by atoms with Crippen molar-refractivity contribution in [2.24, 2.45) is 11.8 Å². The average Bonchev–Trinajstić information content (AvgIpc) is 2.85. The van der Waals surface area contributed by atoms with Crippen LogP contribution in [-0.4, -0.2) is 25.2 Å². The normalized spacial score (nSPS) is 11.3. The van der Waals surface area contributed by atoms with E-state index in [2.05, 4.69) is 27.7 Å². The molecule has 0 N–H and O–H groups in total. The number of hydrogen-bond donors (Lipinski definition) is 0. The molecule has 206 valence electrons. The number of hydrogen-bond acceptors (Lipinski definition) is 4. The molecular formula is C32H54O4. The Morgan fingerprint density at radius 2 is 0.833 bits per heavy atom. The Morgan fingerprint density at radius 3 is 1.17 bits per heavy atom. The first-order chi connectivity index (χ1) is 17.4. The number of carbonyl (C=O) groups is 2. The van der Waals surface area contributed by atoms with Gasteiger partial charge in [-0.25, -0.2) is 9.59 Å². The van der Waals surface area contributed by atoms with Gasteiger partial charge in [-0.05, 0) is 36.8 Å². The van der Waals surface area contributed by atoms with Crippen molar-refractivity contribution in [3.63, 3.8) is 0 Å². The van der Waals surface area contributed by atoms with Crippen molar-refractivity contribution in [3.05, 3.63) is 35.4 Å². The number of carbonyl (C=O) groups excluding carboxylic acids is 2. The Morgan fingerprint density at radius 1 is 0.528 bits per heavy atom. The molecule has 0 amide bonds. The monoisotopic (exact) mass is 502 g/mol. The van der Waals surface area contributed by atoms with E-state index in [1.807, 2.05) is 0 Å². The van der Waals surface area contributed by atoms with Crippen molar-refractivity contribution in [3.8, 4) is 0 Å². The van der Waals surface area contributed by atoms with Crippen LogP contribution in [0, 0.1) is 11.8 Å². The summed E-state index contributed by atoms with van der Waals surface area (Å²) in [4.78, 5) is 25.1. The van der Waals surface area contributed by atoms with Gasteiger partial charge in [0, 0.05) is 0 Å². The largest absolute Gasteiger partial charge is 0.462 e. The summed E-state index contributed by atoms with van der Waals surface area (Å²) in [6.45, 7) is 9.91. The molecule has 0 heterocycles. The average molecular weight is 503 g/mol. The summed E-state index contributed by atoms with van der Waals surface area (Å²) in [7, 11) is 0. The SMILES string of the molecule is CC(C)CCCCCCCCCOC(=O)c1ccccc1C(=O)OCCCCCCCCCC(C)C. The first kappa shape index (κ1) is 32.2. The third kappa shape index (κ3) is 16.8. The van der Waals surface area contributed by atoms with Crippen LogP contribution in [0.1, 0.15) is 151 Å². The summed E-state index contributed by atoms with van der Waals surface area (Å²) < 4.78 is 10.9. The molecule has 4 heteroatoms. The Labute approximate surface area is 221 Å². The van der Waals surface area contributed by atoms with Gasteiger partial charge in [0.15, 0.2) is 0 Å². The van der Waals surface area contributed by atoms with Crippen LogP contribution in [-0.2, 0) is 9.47 Å². The summed E-state index contributed by atoms with van der Waals surface area (Å²) in [5.74, 6) is 0.730. The van der Waals surface area contributed by atoms with Crippen molar-refractivity contribution >= 4 is 11.9 Å². The van der Waals surface area contributed by atoms with Gasteiger partial charge in [0.25, 0.3) is 0 Å². The minimum Gasteiger partial charge on any atom is -0.462 e. The minimum atomic E-state index is -0.436. The smallest absolute Gasteiger partial charge is 0.339 e. The summed E-state index contributed by atoms with van der Waals surface area (Å²) in [6, 6.07) is 6.81. The molecule has 1 aromatic rings. The van der Waals surface area contributed by atoms with Crippen molar-refractivity contribution < 1.29 is 19.1 Å². The van der Waals surface area contributed by atoms with E-state index in [0.29, 0.717) is 24.3 Å². The molecule has 0 saturated heterocycles. The van der Waals surface area contributed by atoms with Gasteiger partial charge in [0.1, 0.15) is 0 Å². The molecule has 36 heavy (non-hydrogen) atoms. The third-order valence-electron chi connectivity index (χ3n) is 6.68. The van der Waals surface area contributed by atoms with Gasteiger partial charge in [-0.3, -0.25) is 0 Å². The molecule has 0 saturated carbocycles. The lowest BCUT2D eigenvalue weighted by molar-refractivity contribution is 0.0450. The van der Waals surface area contributed by atoms with Crippen LogP contribution in [0.3, 0.4) is 0 Å². The summed E-state index contributed by atoms with van der Waals surface area (Å²) in [6.07, 6.45) is 19.2. The standard InChI is InChI=1S/C32H54O4/c1-27(2)21-15-11-7-5-9-13-19-25-35-31(33)29-23-17-18-24-30(29)32(34)36-26-20-14-10-6-8-12-16-22-28(3)4/h17-18,23-24,27-28H,5-16,19-22,25-26H2,1-4H3. The van der Waals surface area contributed by atoms with E-state index in [1.54, 1.807) is 24.3 Å². The number of rotatable bonds is 22. The molecule has 0 aliphatic rings. The summed E-state index contributed by atoms with van der Waals surface area (Å²) >= 11 is 0. The highest BCUT2D eigenvalue weighted by atomic mass is 16.5. The number of unbranched alkanes of at least 4 members (excludes halogenated alkanes) is 12. The zero-order valence-electron chi connectivity index (χ0n) is 23.8. The topological polar surface area (TPSA) is 52.6 Å². The molecular weight excluding hydrogens is 448 g/mol. The molecule has 4 nitrogen and oxygen atoms in total. The number of esters is 2. The minimum absolute atomic E-state index is 0.300. The van der Waals surface area contributed by atoms with Gasteiger partial charge >= 0.3 is 11.9 Å². The van der Waals surface area contributed by atoms with Crippen molar-refractivity contribution in [2.45, 2.75) is 130 Å². The van der Waals surface area contributed by atoms with Gasteiger partial charge in [-0.2, -0.15) is 0 Å². The molecule has 1 rings (SSSR count). The van der Waals surface area contributed by atoms with Gasteiger partial charge in [-0.15, -0.1) is 0 Å². The van der Waals surface area contributed by atoms with E-state index in [1.165, 1.54) is 77.0 Å². The van der Waals surface area contributed by atoms with Crippen LogP contribution in [0.2, 0.25) is 0 Å². The zero-order valence-corrected chi connectivity index (χ0v) is 23.8. The molecule has 0 aliphatic carbocycles. The molecule has 0 radical (unpaired) electrons. The Balaban J connectivity index is 2.17. The number of benzene rings is 1. The van der Waals surface area contributed by atoms with E-state index < -0.39 is 11.9 Å². The molecule has 0 unspecified atom stereocenters. The maximum absolute atomic E-state index is 12.6. The van der Waals surface area contributed by atoms with E-state index in [4.69, 9.17) is 9.47 Å². The maximum Gasteiger partial charge on any atom is 0.339 e. The van der Waals surface area contributed by atoms with E-state index in [9.17, 15) is 9.59 Å². The molecule has 1 aromatic carbocycles. The maximum atomic E-state index is 12.6. The molecule has 0 fully saturated rings. The highest BCUT2D eigenvalue weighted by Gasteiger charge is 2.18. The fourth-order valence-electron chi connectivity index (χ4n) is 4.40. The predicted molar refractivity (Wildman–Crippen MR) is 151 cm³/mol. The lowest BCUT2D eigenvalue weighted by Gasteiger charge is -2.10. The first-order valence-corrected chi connectivity index (χ1v) is 14.8. The van der Waals surface area contributed by atoms with Crippen LogP contribution in [0.4, 0.5) is 0 Å². The molecule has 0 aliphatic heterocycles. The Hall–Kier alpha value is -1.84. The molecule has 0 aromatic heterocycles. The molecule has 0 spiro atoms. The second-order valence-electron chi connectivity index (χ2n) is 11.1. The Bertz CT molecular complexity index is 636. The van der Waals surface area contributed by atoms with Gasteiger partial charge in [-0.1, -0.05) is 130 Å². The van der Waals surface area contributed by atoms with Crippen molar-refractivity contribution in [1.29, 1.82) is 0 Å². The first-order valence-electron chi connectivity index (χ1n) is 14.8. The van der Waals surface area contributed by atoms with Gasteiger partial charge in [0.2, 0.25) is 0 Å². The highest BCUT2D eigenvalue weighted by molar-refractivity contribution is 6.03. The van der Waals surface area contributed by atoms with Crippen LogP contribution in [0.5, 0.6) is 0 Å². The van der Waals surface area contributed by atoms with Gasteiger partial charge < -0.3 is 9.47 Å². The van der Waals surface area contributed by atoms with E-state index in [0.717, 1.165) is 37.5 Å². The summed E-state index contributed by atoms with van der Waals surface area (Å²) in [5.41, 5.74) is 0.600. The lowest BCUT2D eigenvalue weighted by Crippen LogP contribution is -2.15. The predicted octanol–water partition coefficient (Wildman–Crippen LogP) is 9.55. The van der Waals surface area contributed by atoms with E-state index in [-0.39, 0.29) is 0 Å². The summed E-state index contributed by atoms with van der Waals surface area (Å²) in [5, 5.41) is 0. The van der Waals surface area contributed by atoms with Crippen LogP contribution >= 0.6 is 0 Å². The number of ether oxygens (including phenoxy) is 2. The van der Waals surface area contributed by atoms with Crippen LogP contribution in [0.15, 0.2) is 24.3 Å². The van der Waals surface area contributed by atoms with Crippen molar-refractivity contribution in [1.82, 2.24) is 0 Å². The Kier molecular flexibility index (Phi) is 19.0. The quantitative estimate of drug-likeness (QED) is 0.117. The van der Waals surface area contributed by atoms with E-state index >= 15 is 0 Å². The second-order valence-corrected chi connectivity index (χ2v) is 11.1. The zero-order chi connectivity index (χ0) is 26.4. The van der Waals surface area contributed by atoms with Crippen LogP contribution < -0.4 is 0 Å². The fraction of sp³-hybridized carbons (Fsp3) is 0.750. The highest BCUT2D eigenvalue weighted by Crippen LogP contribution is 2.15. The fourth-order valence-corrected chi connectivity index (χ4v) is 4.40. The molecule has 0 atom stereocenters. The second kappa shape index (κ2) is 21.3. The third-order valence-corrected chi connectivity index (χ3v) is 6.68. The van der Waals surface area contributed by atoms with Crippen molar-refractivity contribution in [2.75, 3.05) is 13.2 Å². The van der Waals surface area contributed by atoms with Crippen LogP contribution in [0.25, 0.3) is 0 Å².